The summed E-state index contributed by atoms with van der Waals surface area (Å²) >= 11 is 0. The molecule has 0 atom stereocenters. The molecule has 4 amide bonds. The number of benzene rings is 2. The number of anilines is 5. The summed E-state index contributed by atoms with van der Waals surface area (Å²) in [5.74, 6) is -1.86. The molecule has 2 aliphatic rings. The van der Waals surface area contributed by atoms with Crippen LogP contribution in [0.1, 0.15) is 43.4 Å². The van der Waals surface area contributed by atoms with E-state index >= 15 is 0 Å². The zero-order chi connectivity index (χ0) is 29.3. The van der Waals surface area contributed by atoms with Gasteiger partial charge in [-0.25, -0.2) is 0 Å². The molecular formula is C26H25N7O5. The first-order chi connectivity index (χ1) is 19.5. The second-order valence-electron chi connectivity index (χ2n) is 8.77. The van der Waals surface area contributed by atoms with Gasteiger partial charge in [-0.2, -0.15) is 0 Å². The van der Waals surface area contributed by atoms with E-state index in [9.17, 15) is 19.2 Å². The van der Waals surface area contributed by atoms with Gasteiger partial charge in [0.2, 0.25) is 11.8 Å². The average molecular weight is 519 g/mol. The number of nitrogens with zero attached hydrogens (tertiary/aromatic N) is 2. The molecule has 0 spiro atoms. The molecule has 1 aliphatic carbocycles. The van der Waals surface area contributed by atoms with Crippen molar-refractivity contribution in [2.24, 2.45) is 5.92 Å². The van der Waals surface area contributed by atoms with Gasteiger partial charge in [0, 0.05) is 34.4 Å². The first-order valence-corrected chi connectivity index (χ1v) is 11.7. The second kappa shape index (κ2) is 10.2. The molecule has 0 radical (unpaired) electrons. The normalized spacial score (nSPS) is 15.2. The molecule has 5 rings (SSSR count). The Kier molecular flexibility index (Phi) is 5.65. The minimum atomic E-state index is -2.79. The summed E-state index contributed by atoms with van der Waals surface area (Å²) in [4.78, 5) is 49.9. The molecule has 1 aromatic heterocycles. The fraction of sp³-hybridized carbons (Fsp3) is 0.231. The van der Waals surface area contributed by atoms with E-state index in [-0.39, 0.29) is 58.4 Å². The SMILES string of the molecule is [2H]C([2H])([2H])NC(=O)c1nnc(NC(=O)C2CC2)cc1Nc1cccc(C(=O)Nc2ccc3c(c2)CC(=O)N3)c1OC. The van der Waals surface area contributed by atoms with Crippen LogP contribution in [0.3, 0.4) is 0 Å². The number of methoxy groups -OCH3 is 1. The predicted octanol–water partition coefficient (Wildman–Crippen LogP) is 2.68. The summed E-state index contributed by atoms with van der Waals surface area (Å²) in [5, 5.41) is 20.7. The van der Waals surface area contributed by atoms with Crippen molar-refractivity contribution in [3.63, 3.8) is 0 Å². The highest BCUT2D eigenvalue weighted by atomic mass is 16.5. The molecule has 0 saturated heterocycles. The van der Waals surface area contributed by atoms with Crippen LogP contribution in [0.2, 0.25) is 0 Å². The summed E-state index contributed by atoms with van der Waals surface area (Å²) in [6.45, 7) is -2.79. The second-order valence-corrected chi connectivity index (χ2v) is 8.77. The van der Waals surface area contributed by atoms with Crippen molar-refractivity contribution >= 4 is 52.2 Å². The minimum absolute atomic E-state index is 0.0134. The summed E-state index contributed by atoms with van der Waals surface area (Å²) < 4.78 is 27.6. The van der Waals surface area contributed by atoms with Crippen LogP contribution in [0, 0.1) is 5.92 Å². The maximum atomic E-state index is 13.2. The lowest BCUT2D eigenvalue weighted by Gasteiger charge is -2.17. The Morgan fingerprint density at radius 3 is 2.66 bits per heavy atom. The van der Waals surface area contributed by atoms with E-state index in [0.29, 0.717) is 11.4 Å². The molecule has 1 fully saturated rings. The van der Waals surface area contributed by atoms with Crippen LogP contribution in [0.25, 0.3) is 0 Å². The lowest BCUT2D eigenvalue weighted by atomic mass is 10.1. The number of amides is 4. The van der Waals surface area contributed by atoms with E-state index in [1.54, 1.807) is 30.3 Å². The number of para-hydroxylation sites is 1. The molecule has 1 aliphatic heterocycles. The van der Waals surface area contributed by atoms with Gasteiger partial charge in [-0.05, 0) is 48.7 Å². The maximum Gasteiger partial charge on any atom is 0.273 e. The molecule has 0 unspecified atom stereocenters. The Hall–Kier alpha value is -5.00. The van der Waals surface area contributed by atoms with E-state index in [1.165, 1.54) is 19.2 Å². The third kappa shape index (κ3) is 5.09. The van der Waals surface area contributed by atoms with E-state index in [1.807, 2.05) is 5.32 Å². The first kappa shape index (κ1) is 21.1. The molecule has 12 nitrogen and oxygen atoms in total. The number of nitrogens with one attached hydrogen (secondary N) is 5. The van der Waals surface area contributed by atoms with E-state index in [4.69, 9.17) is 8.85 Å². The largest absolute Gasteiger partial charge is 0.494 e. The fourth-order valence-electron chi connectivity index (χ4n) is 4.03. The standard InChI is InChI=1S/C26H25N7O5/c1-27-26(37)22-19(12-20(32-33-22)31-24(35)13-6-7-13)29-18-5-3-4-16(23(18)38-2)25(36)28-15-8-9-17-14(10-15)11-21(34)30-17/h3-5,8-10,12-13H,6-7,11H2,1-2H3,(H,27,37)(H,28,36)(H,30,34)(H2,29,31,32,35)/i1D3. The lowest BCUT2D eigenvalue weighted by Crippen LogP contribution is -2.22. The van der Waals surface area contributed by atoms with Gasteiger partial charge in [0.25, 0.3) is 11.8 Å². The number of carbonyl (C=O) groups excluding carboxylic acids is 4. The quantitative estimate of drug-likeness (QED) is 0.304. The zero-order valence-corrected chi connectivity index (χ0v) is 20.2. The monoisotopic (exact) mass is 518 g/mol. The van der Waals surface area contributed by atoms with Gasteiger partial charge in [0.05, 0.1) is 30.5 Å². The smallest absolute Gasteiger partial charge is 0.273 e. The number of carbonyl (C=O) groups is 4. The molecule has 3 aromatic rings. The highest BCUT2D eigenvalue weighted by molar-refractivity contribution is 6.08. The van der Waals surface area contributed by atoms with Crippen molar-refractivity contribution in [3.05, 3.63) is 59.3 Å². The molecule has 12 heteroatoms. The van der Waals surface area contributed by atoms with Gasteiger partial charge < -0.3 is 31.3 Å². The third-order valence-corrected chi connectivity index (χ3v) is 6.04. The van der Waals surface area contributed by atoms with Crippen LogP contribution in [0.5, 0.6) is 5.75 Å². The Labute approximate surface area is 221 Å². The van der Waals surface area contributed by atoms with E-state index in [0.717, 1.165) is 18.4 Å². The molecule has 2 heterocycles. The van der Waals surface area contributed by atoms with Crippen LogP contribution in [-0.4, -0.2) is 47.9 Å². The first-order valence-electron chi connectivity index (χ1n) is 13.2. The fourth-order valence-corrected chi connectivity index (χ4v) is 4.03. The molecule has 1 saturated carbocycles. The van der Waals surface area contributed by atoms with Gasteiger partial charge in [0.15, 0.2) is 17.3 Å². The number of hydrogen-bond donors (Lipinski definition) is 5. The van der Waals surface area contributed by atoms with E-state index < -0.39 is 18.8 Å². The van der Waals surface area contributed by atoms with Crippen molar-refractivity contribution in [1.29, 1.82) is 0 Å². The topological polar surface area (TPSA) is 163 Å². The summed E-state index contributed by atoms with van der Waals surface area (Å²) in [5.41, 5.74) is 1.97. The molecule has 5 N–H and O–H groups in total. The van der Waals surface area contributed by atoms with Gasteiger partial charge in [-0.15, -0.1) is 10.2 Å². The number of ether oxygens (including phenoxy) is 1. The van der Waals surface area contributed by atoms with Crippen molar-refractivity contribution in [3.8, 4) is 5.75 Å². The lowest BCUT2D eigenvalue weighted by molar-refractivity contribution is -0.117. The molecule has 38 heavy (non-hydrogen) atoms. The molecule has 2 aromatic carbocycles. The maximum absolute atomic E-state index is 13.2. The van der Waals surface area contributed by atoms with Gasteiger partial charge in [-0.3, -0.25) is 19.2 Å². The number of hydrogen-bond acceptors (Lipinski definition) is 8. The minimum Gasteiger partial charge on any atom is -0.494 e. The van der Waals surface area contributed by atoms with Gasteiger partial charge in [0.1, 0.15) is 0 Å². The summed E-state index contributed by atoms with van der Waals surface area (Å²) in [6, 6.07) is 11.1. The Balaban J connectivity index is 1.44. The van der Waals surface area contributed by atoms with Crippen LogP contribution >= 0.6 is 0 Å². The summed E-state index contributed by atoms with van der Waals surface area (Å²) in [7, 11) is 1.36. The van der Waals surface area contributed by atoms with Gasteiger partial charge in [-0.1, -0.05) is 6.07 Å². The summed E-state index contributed by atoms with van der Waals surface area (Å²) in [6.07, 6.45) is 1.73. The van der Waals surface area contributed by atoms with Crippen LogP contribution in [0.15, 0.2) is 42.5 Å². The predicted molar refractivity (Wildman–Crippen MR) is 140 cm³/mol. The van der Waals surface area contributed by atoms with Crippen LogP contribution in [-0.2, 0) is 16.0 Å². The van der Waals surface area contributed by atoms with E-state index in [2.05, 4.69) is 31.5 Å². The van der Waals surface area contributed by atoms with Crippen molar-refractivity contribution in [1.82, 2.24) is 15.5 Å². The Morgan fingerprint density at radius 1 is 1.05 bits per heavy atom. The molecule has 194 valence electrons. The zero-order valence-electron chi connectivity index (χ0n) is 23.2. The van der Waals surface area contributed by atoms with Crippen molar-refractivity contribution in [2.45, 2.75) is 19.3 Å². The van der Waals surface area contributed by atoms with Crippen LogP contribution < -0.4 is 31.3 Å². The Morgan fingerprint density at radius 2 is 1.89 bits per heavy atom. The number of fused-ring (bicyclic) bond motifs is 1. The average Bonchev–Trinajstić information content (AvgIpc) is 3.69. The Bertz CT molecular complexity index is 1570. The van der Waals surface area contributed by atoms with Gasteiger partial charge >= 0.3 is 0 Å². The van der Waals surface area contributed by atoms with Crippen LogP contribution in [0.4, 0.5) is 28.6 Å². The van der Waals surface area contributed by atoms with Crippen molar-refractivity contribution in [2.75, 3.05) is 35.4 Å². The van der Waals surface area contributed by atoms with Crippen molar-refractivity contribution < 1.29 is 28.0 Å². The number of aromatic nitrogens is 2. The number of rotatable bonds is 8. The molecular weight excluding hydrogens is 490 g/mol. The third-order valence-electron chi connectivity index (χ3n) is 6.04. The highest BCUT2D eigenvalue weighted by Crippen LogP contribution is 2.34. The highest BCUT2D eigenvalue weighted by Gasteiger charge is 2.30. The molecule has 0 bridgehead atoms.